The van der Waals surface area contributed by atoms with Crippen molar-refractivity contribution >= 4 is 80.7 Å². The van der Waals surface area contributed by atoms with E-state index >= 15 is 0 Å². The molecular weight excluding hydrogens is 501 g/mol. The third-order valence-corrected chi connectivity index (χ3v) is 10.8. The van der Waals surface area contributed by atoms with Crippen molar-refractivity contribution < 1.29 is 9.59 Å². The monoisotopic (exact) mass is 512 g/mol. The Bertz CT molecular complexity index is 1560. The molecule has 0 fully saturated rings. The first-order chi connectivity index (χ1) is 16.7. The molecule has 4 aromatic heterocycles. The zero-order valence-electron chi connectivity index (χ0n) is 17.3. The molecule has 2 amide bonds. The van der Waals surface area contributed by atoms with Crippen molar-refractivity contribution in [1.29, 1.82) is 0 Å². The first-order valence-corrected chi connectivity index (χ1v) is 14.0. The predicted octanol–water partition coefficient (Wildman–Crippen LogP) is 7.04. The number of hydrogen-bond donors (Lipinski definition) is 0. The van der Waals surface area contributed by atoms with Crippen molar-refractivity contribution in [3.05, 3.63) is 91.6 Å². The lowest BCUT2D eigenvalue weighted by atomic mass is 10.0. The number of carbonyl (C=O) groups excluding carboxylic acids is 2. The molecule has 4 nitrogen and oxygen atoms in total. The van der Waals surface area contributed by atoms with Gasteiger partial charge in [0.15, 0.2) is 0 Å². The molecule has 4 aliphatic heterocycles. The zero-order chi connectivity index (χ0) is 22.6. The third-order valence-electron chi connectivity index (χ3n) is 6.36. The number of carbonyl (C=O) groups is 2. The highest BCUT2D eigenvalue weighted by atomic mass is 32.1. The maximum Gasteiger partial charge on any atom is 0.265 e. The van der Waals surface area contributed by atoms with Gasteiger partial charge >= 0.3 is 0 Å². The Morgan fingerprint density at radius 2 is 1.09 bits per heavy atom. The van der Waals surface area contributed by atoms with E-state index in [-0.39, 0.29) is 11.8 Å². The van der Waals surface area contributed by atoms with Gasteiger partial charge in [-0.2, -0.15) is 0 Å². The van der Waals surface area contributed by atoms with E-state index in [1.165, 1.54) is 9.75 Å². The summed E-state index contributed by atoms with van der Waals surface area (Å²) in [5.74, 6) is -0.257. The molecular formula is C26H12N2O2S4. The van der Waals surface area contributed by atoms with Gasteiger partial charge in [0.1, 0.15) is 0 Å². The molecule has 0 atom stereocenters. The molecule has 8 heteroatoms. The Hall–Kier alpha value is -3.30. The first-order valence-electron chi connectivity index (χ1n) is 10.6. The lowest BCUT2D eigenvalue weighted by molar-refractivity contribution is -0.122. The quantitative estimate of drug-likeness (QED) is 0.289. The first kappa shape index (κ1) is 19.1. The summed E-state index contributed by atoms with van der Waals surface area (Å²) in [5.41, 5.74) is 4.60. The second-order valence-corrected chi connectivity index (χ2v) is 12.2. The van der Waals surface area contributed by atoms with Gasteiger partial charge in [0.2, 0.25) is 0 Å². The van der Waals surface area contributed by atoms with Gasteiger partial charge in [0, 0.05) is 31.9 Å². The van der Waals surface area contributed by atoms with Gasteiger partial charge in [-0.1, -0.05) is 12.1 Å². The van der Waals surface area contributed by atoms with Crippen LogP contribution in [0.4, 0.5) is 0 Å². The van der Waals surface area contributed by atoms with Crippen LogP contribution in [0.1, 0.15) is 20.9 Å². The van der Waals surface area contributed by atoms with E-state index in [0.717, 1.165) is 42.0 Å². The van der Waals surface area contributed by atoms with E-state index in [4.69, 9.17) is 0 Å². The molecule has 0 radical (unpaired) electrons. The normalized spacial score (nSPS) is 17.5. The van der Waals surface area contributed by atoms with Crippen molar-refractivity contribution in [2.75, 3.05) is 0 Å². The Balaban J connectivity index is 1.36. The SMILES string of the molecule is O=C1C2=C3c4sc(-c5cccs5)cc4C=CN3C(=O)C2=C2c3sc(-c4cccs4)cc3C=CN12. The Morgan fingerprint density at radius 1 is 0.618 bits per heavy atom. The fraction of sp³-hybridized carbons (Fsp3) is 0. The number of hydrogen-bond acceptors (Lipinski definition) is 6. The van der Waals surface area contributed by atoms with E-state index in [0.29, 0.717) is 11.1 Å². The molecule has 0 bridgehead atoms. The van der Waals surface area contributed by atoms with Gasteiger partial charge in [-0.25, -0.2) is 0 Å². The number of rotatable bonds is 2. The number of amides is 2. The summed E-state index contributed by atoms with van der Waals surface area (Å²) in [7, 11) is 0. The summed E-state index contributed by atoms with van der Waals surface area (Å²) in [6, 6.07) is 12.6. The Morgan fingerprint density at radius 3 is 1.50 bits per heavy atom. The van der Waals surface area contributed by atoms with Gasteiger partial charge in [0.25, 0.3) is 11.8 Å². The molecule has 0 aliphatic carbocycles. The van der Waals surface area contributed by atoms with E-state index in [2.05, 4.69) is 35.0 Å². The third kappa shape index (κ3) is 2.35. The lowest BCUT2D eigenvalue weighted by Gasteiger charge is -2.24. The van der Waals surface area contributed by atoms with Crippen LogP contribution in [0.5, 0.6) is 0 Å². The summed E-state index contributed by atoms with van der Waals surface area (Å²) in [6.45, 7) is 0. The maximum absolute atomic E-state index is 13.7. The highest BCUT2D eigenvalue weighted by Crippen LogP contribution is 2.54. The largest absolute Gasteiger partial charge is 0.281 e. The minimum absolute atomic E-state index is 0.129. The molecule has 8 rings (SSSR count). The average Bonchev–Trinajstić information content (AvgIpc) is 3.65. The molecule has 4 aliphatic rings. The van der Waals surface area contributed by atoms with Crippen LogP contribution in [-0.2, 0) is 9.59 Å². The van der Waals surface area contributed by atoms with E-state index in [1.54, 1.807) is 55.1 Å². The molecule has 34 heavy (non-hydrogen) atoms. The van der Waals surface area contributed by atoms with E-state index in [1.807, 2.05) is 36.7 Å². The van der Waals surface area contributed by atoms with Crippen molar-refractivity contribution in [1.82, 2.24) is 9.80 Å². The molecule has 4 aromatic rings. The fourth-order valence-electron chi connectivity index (χ4n) is 4.89. The second-order valence-electron chi connectivity index (χ2n) is 8.17. The predicted molar refractivity (Wildman–Crippen MR) is 141 cm³/mol. The van der Waals surface area contributed by atoms with Gasteiger partial charge in [-0.15, -0.1) is 45.3 Å². The van der Waals surface area contributed by atoms with Crippen LogP contribution >= 0.6 is 45.3 Å². The summed E-state index contributed by atoms with van der Waals surface area (Å²) in [6.07, 6.45) is 7.58. The zero-order valence-corrected chi connectivity index (χ0v) is 20.5. The van der Waals surface area contributed by atoms with Crippen LogP contribution < -0.4 is 0 Å². The van der Waals surface area contributed by atoms with Gasteiger partial charge < -0.3 is 0 Å². The smallest absolute Gasteiger partial charge is 0.265 e. The van der Waals surface area contributed by atoms with Crippen LogP contribution in [0.3, 0.4) is 0 Å². The molecule has 8 heterocycles. The van der Waals surface area contributed by atoms with Crippen molar-refractivity contribution in [3.63, 3.8) is 0 Å². The fourth-order valence-corrected chi connectivity index (χ4v) is 8.93. The molecule has 162 valence electrons. The average molecular weight is 513 g/mol. The summed E-state index contributed by atoms with van der Waals surface area (Å²) < 4.78 is 0. The van der Waals surface area contributed by atoms with Crippen molar-refractivity contribution in [2.24, 2.45) is 0 Å². The highest BCUT2D eigenvalue weighted by molar-refractivity contribution is 7.22. The van der Waals surface area contributed by atoms with Gasteiger partial charge in [0.05, 0.1) is 32.3 Å². The molecule has 0 saturated carbocycles. The number of nitrogens with zero attached hydrogens (tertiary/aromatic N) is 2. The van der Waals surface area contributed by atoms with Crippen LogP contribution in [-0.4, -0.2) is 21.6 Å². The molecule has 0 spiro atoms. The van der Waals surface area contributed by atoms with Crippen molar-refractivity contribution in [2.45, 2.75) is 0 Å². The lowest BCUT2D eigenvalue weighted by Crippen LogP contribution is -2.25. The van der Waals surface area contributed by atoms with Gasteiger partial charge in [-0.05, 0) is 58.3 Å². The number of thiophene rings is 4. The Kier molecular flexibility index (Phi) is 3.72. The molecule has 0 unspecified atom stereocenters. The topological polar surface area (TPSA) is 40.6 Å². The van der Waals surface area contributed by atoms with E-state index in [9.17, 15) is 9.59 Å². The minimum atomic E-state index is -0.129. The maximum atomic E-state index is 13.7. The minimum Gasteiger partial charge on any atom is -0.281 e. The van der Waals surface area contributed by atoms with Crippen LogP contribution in [0, 0.1) is 0 Å². The molecule has 0 saturated heterocycles. The van der Waals surface area contributed by atoms with Crippen LogP contribution in [0.15, 0.2) is 70.7 Å². The Labute approximate surface area is 210 Å². The summed E-state index contributed by atoms with van der Waals surface area (Å²) in [5, 5.41) is 4.13. The van der Waals surface area contributed by atoms with Crippen LogP contribution in [0.2, 0.25) is 0 Å². The highest BCUT2D eigenvalue weighted by Gasteiger charge is 2.50. The van der Waals surface area contributed by atoms with Crippen molar-refractivity contribution in [3.8, 4) is 19.5 Å². The molecule has 0 aromatic carbocycles. The summed E-state index contributed by atoms with van der Waals surface area (Å²) in [4.78, 5) is 37.4. The van der Waals surface area contributed by atoms with E-state index < -0.39 is 0 Å². The standard InChI is InChI=1S/C26H12N2O2S4/c29-25-19-20(22-24-14(6-8-28(22)25)12-18(34-24)16-4-2-10-32-16)26(30)27-7-5-13-11-17(15-3-1-9-31-15)33-23(13)21(19)27/h1-12H. The summed E-state index contributed by atoms with van der Waals surface area (Å²) >= 11 is 6.67. The van der Waals surface area contributed by atoms with Gasteiger partial charge in [-0.3, -0.25) is 19.4 Å². The number of fused-ring (bicyclic) bond motifs is 7. The molecule has 0 N–H and O–H groups in total. The second kappa shape index (κ2) is 6.64. The van der Waals surface area contributed by atoms with Crippen LogP contribution in [0.25, 0.3) is 43.1 Å².